The third kappa shape index (κ3) is 2.27. The highest BCUT2D eigenvalue weighted by Gasteiger charge is 2.35. The van der Waals surface area contributed by atoms with Crippen LogP contribution in [0.25, 0.3) is 0 Å². The first-order valence-corrected chi connectivity index (χ1v) is 5.79. The normalized spacial score (nSPS) is 45.6. The minimum Gasteiger partial charge on any atom is -0.389 e. The molecule has 1 aliphatic heterocycles. The zero-order chi connectivity index (χ0) is 10.2. The van der Waals surface area contributed by atoms with E-state index >= 15 is 0 Å². The third-order valence-electron chi connectivity index (χ3n) is 3.74. The SMILES string of the molecule is CC1(O)CCN(C2CCC(N)CC2)C1. The maximum Gasteiger partial charge on any atom is 0.0758 e. The Morgan fingerprint density at radius 1 is 1.29 bits per heavy atom. The van der Waals surface area contributed by atoms with Gasteiger partial charge in [-0.2, -0.15) is 0 Å². The van der Waals surface area contributed by atoms with Gasteiger partial charge in [-0.25, -0.2) is 0 Å². The Morgan fingerprint density at radius 3 is 2.43 bits per heavy atom. The van der Waals surface area contributed by atoms with Gasteiger partial charge in [-0.3, -0.25) is 4.90 Å². The van der Waals surface area contributed by atoms with Gasteiger partial charge in [-0.1, -0.05) is 0 Å². The van der Waals surface area contributed by atoms with Crippen molar-refractivity contribution in [3.63, 3.8) is 0 Å². The molecule has 0 bridgehead atoms. The molecule has 1 saturated carbocycles. The Balaban J connectivity index is 1.85. The van der Waals surface area contributed by atoms with E-state index in [1.165, 1.54) is 12.8 Å². The maximum absolute atomic E-state index is 9.88. The van der Waals surface area contributed by atoms with Crippen LogP contribution in [0.1, 0.15) is 39.0 Å². The molecule has 0 aromatic heterocycles. The fourth-order valence-electron chi connectivity index (χ4n) is 2.76. The topological polar surface area (TPSA) is 49.5 Å². The largest absolute Gasteiger partial charge is 0.389 e. The molecule has 82 valence electrons. The van der Waals surface area contributed by atoms with Crippen molar-refractivity contribution >= 4 is 0 Å². The van der Waals surface area contributed by atoms with Crippen LogP contribution in [0.4, 0.5) is 0 Å². The molecule has 1 atom stereocenters. The van der Waals surface area contributed by atoms with Gasteiger partial charge >= 0.3 is 0 Å². The van der Waals surface area contributed by atoms with Gasteiger partial charge in [0.25, 0.3) is 0 Å². The first-order chi connectivity index (χ1) is 6.57. The molecule has 0 radical (unpaired) electrons. The van der Waals surface area contributed by atoms with E-state index in [-0.39, 0.29) is 0 Å². The molecule has 0 aromatic carbocycles. The molecule has 1 heterocycles. The fraction of sp³-hybridized carbons (Fsp3) is 1.00. The Morgan fingerprint density at radius 2 is 1.93 bits per heavy atom. The summed E-state index contributed by atoms with van der Waals surface area (Å²) in [6.07, 6.45) is 5.68. The van der Waals surface area contributed by atoms with Gasteiger partial charge in [0.05, 0.1) is 5.60 Å². The van der Waals surface area contributed by atoms with Crippen molar-refractivity contribution in [2.24, 2.45) is 5.73 Å². The van der Waals surface area contributed by atoms with Crippen LogP contribution >= 0.6 is 0 Å². The Labute approximate surface area is 86.3 Å². The summed E-state index contributed by atoms with van der Waals surface area (Å²) in [6.45, 7) is 3.86. The lowest BCUT2D eigenvalue weighted by Gasteiger charge is -2.33. The minimum absolute atomic E-state index is 0.425. The molecule has 3 N–H and O–H groups in total. The van der Waals surface area contributed by atoms with E-state index in [0.29, 0.717) is 12.1 Å². The minimum atomic E-state index is -0.445. The number of nitrogens with two attached hydrogens (primary N) is 1. The predicted molar refractivity (Wildman–Crippen MR) is 57.0 cm³/mol. The average Bonchev–Trinajstić information content (AvgIpc) is 2.47. The monoisotopic (exact) mass is 198 g/mol. The van der Waals surface area contributed by atoms with Crippen molar-refractivity contribution in [1.29, 1.82) is 0 Å². The molecule has 1 saturated heterocycles. The van der Waals surface area contributed by atoms with Crippen molar-refractivity contribution in [3.8, 4) is 0 Å². The number of nitrogens with zero attached hydrogens (tertiary/aromatic N) is 1. The van der Waals surface area contributed by atoms with Gasteiger partial charge in [-0.05, 0) is 39.0 Å². The zero-order valence-electron chi connectivity index (χ0n) is 9.08. The quantitative estimate of drug-likeness (QED) is 0.652. The van der Waals surface area contributed by atoms with Crippen LogP contribution in [-0.2, 0) is 0 Å². The second-order valence-electron chi connectivity index (χ2n) is 5.29. The summed E-state index contributed by atoms with van der Waals surface area (Å²) in [5.74, 6) is 0. The van der Waals surface area contributed by atoms with Crippen LogP contribution < -0.4 is 5.73 Å². The van der Waals surface area contributed by atoms with Gasteiger partial charge in [0.15, 0.2) is 0 Å². The second-order valence-corrected chi connectivity index (χ2v) is 5.29. The molecule has 3 nitrogen and oxygen atoms in total. The van der Waals surface area contributed by atoms with E-state index < -0.39 is 5.60 Å². The van der Waals surface area contributed by atoms with E-state index in [1.54, 1.807) is 0 Å². The van der Waals surface area contributed by atoms with Crippen LogP contribution in [0.15, 0.2) is 0 Å². The van der Waals surface area contributed by atoms with E-state index in [1.807, 2.05) is 6.92 Å². The molecule has 14 heavy (non-hydrogen) atoms. The second kappa shape index (κ2) is 3.80. The zero-order valence-corrected chi connectivity index (χ0v) is 9.08. The molecule has 2 aliphatic rings. The van der Waals surface area contributed by atoms with Crippen LogP contribution in [0.5, 0.6) is 0 Å². The lowest BCUT2D eigenvalue weighted by atomic mass is 9.91. The summed E-state index contributed by atoms with van der Waals surface area (Å²) in [5, 5.41) is 9.88. The van der Waals surface area contributed by atoms with Gasteiger partial charge in [0.1, 0.15) is 0 Å². The van der Waals surface area contributed by atoms with Crippen LogP contribution in [0.3, 0.4) is 0 Å². The average molecular weight is 198 g/mol. The number of hydrogen-bond acceptors (Lipinski definition) is 3. The highest BCUT2D eigenvalue weighted by atomic mass is 16.3. The lowest BCUT2D eigenvalue weighted by molar-refractivity contribution is 0.0576. The van der Waals surface area contributed by atoms with E-state index in [2.05, 4.69) is 4.90 Å². The van der Waals surface area contributed by atoms with E-state index in [0.717, 1.165) is 32.4 Å². The molecule has 2 rings (SSSR count). The van der Waals surface area contributed by atoms with Gasteiger partial charge in [0.2, 0.25) is 0 Å². The molecule has 1 aliphatic carbocycles. The van der Waals surface area contributed by atoms with Gasteiger partial charge in [-0.15, -0.1) is 0 Å². The van der Waals surface area contributed by atoms with Crippen LogP contribution in [0, 0.1) is 0 Å². The summed E-state index contributed by atoms with van der Waals surface area (Å²) in [6, 6.07) is 1.11. The molecule has 3 heteroatoms. The van der Waals surface area contributed by atoms with Gasteiger partial charge in [0, 0.05) is 25.2 Å². The first kappa shape index (κ1) is 10.4. The maximum atomic E-state index is 9.88. The predicted octanol–water partition coefficient (Wildman–Crippen LogP) is 0.713. The number of likely N-dealkylation sites (tertiary alicyclic amines) is 1. The molecular weight excluding hydrogens is 176 g/mol. The summed E-state index contributed by atoms with van der Waals surface area (Å²) in [7, 11) is 0. The summed E-state index contributed by atoms with van der Waals surface area (Å²) >= 11 is 0. The molecule has 0 amide bonds. The smallest absolute Gasteiger partial charge is 0.0758 e. The highest BCUT2D eigenvalue weighted by molar-refractivity contribution is 4.91. The summed E-state index contributed by atoms with van der Waals surface area (Å²) < 4.78 is 0. The molecular formula is C11H22N2O. The standard InChI is InChI=1S/C11H22N2O/c1-11(14)6-7-13(8-11)10-4-2-9(12)3-5-10/h9-10,14H,2-8,12H2,1H3. The lowest BCUT2D eigenvalue weighted by Crippen LogP contribution is -2.41. The number of aliphatic hydroxyl groups is 1. The van der Waals surface area contributed by atoms with Crippen molar-refractivity contribution in [1.82, 2.24) is 4.90 Å². The summed E-state index contributed by atoms with van der Waals surface area (Å²) in [4.78, 5) is 2.45. The van der Waals surface area contributed by atoms with Crippen molar-refractivity contribution in [2.75, 3.05) is 13.1 Å². The Hall–Kier alpha value is -0.120. The van der Waals surface area contributed by atoms with E-state index in [9.17, 15) is 5.11 Å². The number of hydrogen-bond donors (Lipinski definition) is 2. The molecule has 0 spiro atoms. The van der Waals surface area contributed by atoms with Crippen LogP contribution in [0.2, 0.25) is 0 Å². The summed E-state index contributed by atoms with van der Waals surface area (Å²) in [5.41, 5.74) is 5.44. The van der Waals surface area contributed by atoms with Crippen molar-refractivity contribution < 1.29 is 5.11 Å². The Kier molecular flexibility index (Phi) is 2.82. The molecule has 2 fully saturated rings. The molecule has 1 unspecified atom stereocenters. The first-order valence-electron chi connectivity index (χ1n) is 5.79. The molecule has 0 aromatic rings. The number of β-amino-alcohol motifs (C(OH)–C–C–N with tert-alkyl or cyclic N) is 1. The van der Waals surface area contributed by atoms with Crippen molar-refractivity contribution in [2.45, 2.75) is 56.7 Å². The van der Waals surface area contributed by atoms with Crippen LogP contribution in [-0.4, -0.2) is 40.8 Å². The number of rotatable bonds is 1. The highest BCUT2D eigenvalue weighted by Crippen LogP contribution is 2.28. The van der Waals surface area contributed by atoms with Crippen molar-refractivity contribution in [3.05, 3.63) is 0 Å². The fourth-order valence-corrected chi connectivity index (χ4v) is 2.76. The third-order valence-corrected chi connectivity index (χ3v) is 3.74. The van der Waals surface area contributed by atoms with E-state index in [4.69, 9.17) is 5.73 Å². The Bertz CT molecular complexity index is 197. The van der Waals surface area contributed by atoms with Gasteiger partial charge < -0.3 is 10.8 Å².